The molecular formula is C23H24FNO4. The first kappa shape index (κ1) is 19.4. The minimum atomic E-state index is -0.550. The molecule has 2 aromatic carbocycles. The summed E-state index contributed by atoms with van der Waals surface area (Å²) >= 11 is 0. The van der Waals surface area contributed by atoms with E-state index < -0.39 is 11.4 Å². The number of hydrogen-bond donors (Lipinski definition) is 0. The first-order valence-corrected chi connectivity index (χ1v) is 9.83. The molecule has 5 nitrogen and oxygen atoms in total. The van der Waals surface area contributed by atoms with Gasteiger partial charge in [-0.15, -0.1) is 0 Å². The maximum absolute atomic E-state index is 14.1. The smallest absolute Gasteiger partial charge is 0.306 e. The van der Waals surface area contributed by atoms with Crippen molar-refractivity contribution >= 4 is 33.6 Å². The van der Waals surface area contributed by atoms with Crippen LogP contribution in [0.25, 0.3) is 21.9 Å². The topological polar surface area (TPSA) is 59.8 Å². The highest BCUT2D eigenvalue weighted by atomic mass is 19.1. The lowest BCUT2D eigenvalue weighted by Crippen LogP contribution is -2.26. The van der Waals surface area contributed by atoms with Crippen LogP contribution in [0.4, 0.5) is 10.1 Å². The first-order valence-electron chi connectivity index (χ1n) is 9.83. The van der Waals surface area contributed by atoms with Gasteiger partial charge in [-0.2, -0.15) is 0 Å². The van der Waals surface area contributed by atoms with E-state index in [1.54, 1.807) is 18.2 Å². The lowest BCUT2D eigenvalue weighted by Gasteiger charge is -2.21. The van der Waals surface area contributed by atoms with Crippen LogP contribution >= 0.6 is 0 Å². The van der Waals surface area contributed by atoms with Crippen molar-refractivity contribution in [3.05, 3.63) is 52.4 Å². The number of rotatable bonds is 3. The number of carbonyl (C=O) groups is 1. The maximum atomic E-state index is 14.1. The van der Waals surface area contributed by atoms with Crippen LogP contribution in [0.3, 0.4) is 0 Å². The second-order valence-electron chi connectivity index (χ2n) is 8.62. The first-order chi connectivity index (χ1) is 13.7. The van der Waals surface area contributed by atoms with Crippen LogP contribution in [0, 0.1) is 11.7 Å². The van der Waals surface area contributed by atoms with Crippen molar-refractivity contribution in [2.75, 3.05) is 18.0 Å². The van der Waals surface area contributed by atoms with E-state index in [4.69, 9.17) is 9.15 Å². The van der Waals surface area contributed by atoms with Crippen LogP contribution in [0.15, 0.2) is 45.6 Å². The number of anilines is 1. The summed E-state index contributed by atoms with van der Waals surface area (Å²) in [5.74, 6) is -0.525. The number of ether oxygens (including phenoxy) is 1. The molecule has 0 unspecified atom stereocenters. The Morgan fingerprint density at radius 1 is 1.24 bits per heavy atom. The van der Waals surface area contributed by atoms with E-state index in [1.807, 2.05) is 26.8 Å². The SMILES string of the molecule is CC(C)(C)OC(=O)C[C@@H]1CCN(c2ccc3c(=O)c4cccc(F)c4oc3c2)C1. The Bertz CT molecular complexity index is 1150. The Hall–Kier alpha value is -2.89. The highest BCUT2D eigenvalue weighted by Crippen LogP contribution is 2.30. The van der Waals surface area contributed by atoms with Gasteiger partial charge >= 0.3 is 5.97 Å². The predicted molar refractivity (Wildman–Crippen MR) is 111 cm³/mol. The highest BCUT2D eigenvalue weighted by molar-refractivity contribution is 5.91. The molecule has 2 heterocycles. The monoisotopic (exact) mass is 397 g/mol. The van der Waals surface area contributed by atoms with Crippen molar-refractivity contribution in [1.29, 1.82) is 0 Å². The predicted octanol–water partition coefficient (Wildman–Crippen LogP) is 4.64. The molecule has 29 heavy (non-hydrogen) atoms. The summed E-state index contributed by atoms with van der Waals surface area (Å²) in [6.45, 7) is 7.10. The van der Waals surface area contributed by atoms with Crippen LogP contribution in [0.1, 0.15) is 33.6 Å². The molecule has 1 aliphatic heterocycles. The fourth-order valence-corrected chi connectivity index (χ4v) is 3.88. The van der Waals surface area contributed by atoms with Crippen LogP contribution < -0.4 is 10.3 Å². The van der Waals surface area contributed by atoms with Gasteiger partial charge in [-0.05, 0) is 57.4 Å². The second-order valence-corrected chi connectivity index (χ2v) is 8.62. The Labute approximate surface area is 168 Å². The molecule has 0 amide bonds. The minimum absolute atomic E-state index is 0.0219. The average Bonchev–Trinajstić information content (AvgIpc) is 3.09. The zero-order valence-electron chi connectivity index (χ0n) is 16.8. The average molecular weight is 397 g/mol. The number of nitrogens with zero attached hydrogens (tertiary/aromatic N) is 1. The van der Waals surface area contributed by atoms with Crippen molar-refractivity contribution in [2.24, 2.45) is 5.92 Å². The molecule has 6 heteroatoms. The van der Waals surface area contributed by atoms with E-state index in [2.05, 4.69) is 4.90 Å². The quantitative estimate of drug-likeness (QED) is 0.476. The summed E-state index contributed by atoms with van der Waals surface area (Å²) in [6, 6.07) is 9.73. The molecule has 0 spiro atoms. The van der Waals surface area contributed by atoms with E-state index in [-0.39, 0.29) is 28.3 Å². The van der Waals surface area contributed by atoms with E-state index >= 15 is 0 Å². The van der Waals surface area contributed by atoms with Gasteiger partial charge in [-0.1, -0.05) is 6.07 Å². The van der Waals surface area contributed by atoms with Gasteiger partial charge in [0.25, 0.3) is 0 Å². The normalized spacial score (nSPS) is 17.2. The van der Waals surface area contributed by atoms with E-state index in [0.717, 1.165) is 25.2 Å². The second kappa shape index (κ2) is 7.17. The summed E-state index contributed by atoms with van der Waals surface area (Å²) in [4.78, 5) is 26.9. The summed E-state index contributed by atoms with van der Waals surface area (Å²) < 4.78 is 25.2. The molecule has 4 rings (SSSR count). The molecule has 1 atom stereocenters. The number of carbonyl (C=O) groups excluding carboxylic acids is 1. The fraction of sp³-hybridized carbons (Fsp3) is 0.391. The van der Waals surface area contributed by atoms with Gasteiger partial charge in [0.2, 0.25) is 5.43 Å². The number of hydrogen-bond acceptors (Lipinski definition) is 5. The number of benzene rings is 2. The van der Waals surface area contributed by atoms with Crippen molar-refractivity contribution in [1.82, 2.24) is 0 Å². The van der Waals surface area contributed by atoms with Gasteiger partial charge in [-0.25, -0.2) is 4.39 Å². The Kier molecular flexibility index (Phi) is 4.81. The van der Waals surface area contributed by atoms with Crippen molar-refractivity contribution in [2.45, 2.75) is 39.2 Å². The Morgan fingerprint density at radius 3 is 2.79 bits per heavy atom. The molecule has 0 N–H and O–H groups in total. The van der Waals surface area contributed by atoms with Gasteiger partial charge in [0.1, 0.15) is 11.2 Å². The molecule has 0 saturated carbocycles. The molecule has 3 aromatic rings. The van der Waals surface area contributed by atoms with E-state index in [0.29, 0.717) is 17.4 Å². The standard InChI is InChI=1S/C23H24FNO4/c1-23(2,3)29-20(26)11-14-9-10-25(13-14)15-7-8-16-19(12-15)28-22-17(21(16)27)5-4-6-18(22)24/h4-8,12,14H,9-11,13H2,1-3H3/t14-/m0/s1. The van der Waals surface area contributed by atoms with Crippen LogP contribution in [-0.2, 0) is 9.53 Å². The Morgan fingerprint density at radius 2 is 2.03 bits per heavy atom. The summed E-state index contributed by atoms with van der Waals surface area (Å²) in [5.41, 5.74) is 0.509. The maximum Gasteiger partial charge on any atom is 0.306 e. The van der Waals surface area contributed by atoms with E-state index in [1.165, 1.54) is 12.1 Å². The summed E-state index contributed by atoms with van der Waals surface area (Å²) in [5, 5.41) is 0.667. The molecule has 152 valence electrons. The van der Waals surface area contributed by atoms with Crippen molar-refractivity contribution in [3.63, 3.8) is 0 Å². The number of fused-ring (bicyclic) bond motifs is 2. The molecule has 0 radical (unpaired) electrons. The van der Waals surface area contributed by atoms with Gasteiger partial charge in [0.05, 0.1) is 17.2 Å². The summed E-state index contributed by atoms with van der Waals surface area (Å²) in [6.07, 6.45) is 1.26. The third-order valence-electron chi connectivity index (χ3n) is 5.16. The third kappa shape index (κ3) is 3.97. The molecule has 1 saturated heterocycles. The molecular weight excluding hydrogens is 373 g/mol. The highest BCUT2D eigenvalue weighted by Gasteiger charge is 2.27. The molecule has 1 aliphatic rings. The number of esters is 1. The zero-order valence-corrected chi connectivity index (χ0v) is 16.8. The van der Waals surface area contributed by atoms with E-state index in [9.17, 15) is 14.0 Å². The lowest BCUT2D eigenvalue weighted by atomic mass is 10.1. The van der Waals surface area contributed by atoms with Crippen LogP contribution in [0.2, 0.25) is 0 Å². The van der Waals surface area contributed by atoms with Crippen LogP contribution in [0.5, 0.6) is 0 Å². The van der Waals surface area contributed by atoms with Crippen LogP contribution in [-0.4, -0.2) is 24.7 Å². The molecule has 0 aliphatic carbocycles. The molecule has 0 bridgehead atoms. The van der Waals surface area contributed by atoms with Gasteiger partial charge in [-0.3, -0.25) is 9.59 Å². The fourth-order valence-electron chi connectivity index (χ4n) is 3.88. The Balaban J connectivity index is 1.57. The van der Waals surface area contributed by atoms with Crippen molar-refractivity contribution < 1.29 is 18.3 Å². The summed E-state index contributed by atoms with van der Waals surface area (Å²) in [7, 11) is 0. The lowest BCUT2D eigenvalue weighted by molar-refractivity contribution is -0.155. The molecule has 1 fully saturated rings. The third-order valence-corrected chi connectivity index (χ3v) is 5.16. The number of para-hydroxylation sites is 1. The largest absolute Gasteiger partial charge is 0.460 e. The van der Waals surface area contributed by atoms with Crippen molar-refractivity contribution in [3.8, 4) is 0 Å². The van der Waals surface area contributed by atoms with Gasteiger partial charge in [0.15, 0.2) is 11.4 Å². The minimum Gasteiger partial charge on any atom is -0.460 e. The number of halogens is 1. The zero-order chi connectivity index (χ0) is 20.8. The van der Waals surface area contributed by atoms with Gasteiger partial charge in [0, 0.05) is 24.8 Å². The van der Waals surface area contributed by atoms with Gasteiger partial charge < -0.3 is 14.1 Å². The molecule has 1 aromatic heterocycles.